The molecule has 3 nitrogen and oxygen atoms in total. The van der Waals surface area contributed by atoms with Gasteiger partial charge >= 0.3 is 0 Å². The summed E-state index contributed by atoms with van der Waals surface area (Å²) < 4.78 is 0. The molecule has 0 atom stereocenters. The topological polar surface area (TPSA) is 37.8 Å². The van der Waals surface area contributed by atoms with Crippen molar-refractivity contribution in [3.05, 3.63) is 12.4 Å². The first-order chi connectivity index (χ1) is 6.88. The van der Waals surface area contributed by atoms with Crippen LogP contribution in [0.2, 0.25) is 0 Å². The Balaban J connectivity index is 2.00. The Morgan fingerprint density at radius 3 is 2.86 bits per heavy atom. The van der Waals surface area contributed by atoms with E-state index in [0.29, 0.717) is 0 Å². The van der Waals surface area contributed by atoms with Gasteiger partial charge in [0, 0.05) is 18.4 Å². The maximum atomic E-state index is 4.26. The molecule has 1 aromatic rings. The summed E-state index contributed by atoms with van der Waals surface area (Å²) in [6.07, 6.45) is 7.06. The van der Waals surface area contributed by atoms with Crippen LogP contribution in [-0.2, 0) is 0 Å². The number of anilines is 1. The predicted octanol–water partition coefficient (Wildman–Crippen LogP) is 2.55. The zero-order valence-corrected chi connectivity index (χ0v) is 9.18. The molecule has 1 saturated carbocycles. The van der Waals surface area contributed by atoms with Crippen LogP contribution >= 0.6 is 11.8 Å². The molecule has 0 spiro atoms. The minimum atomic E-state index is 0.773. The first-order valence-corrected chi connectivity index (χ1v) is 5.93. The van der Waals surface area contributed by atoms with Crippen LogP contribution in [0, 0.1) is 0 Å². The molecule has 0 saturated heterocycles. The third-order valence-electron chi connectivity index (χ3n) is 2.49. The minimum Gasteiger partial charge on any atom is -0.373 e. The smallest absolute Gasteiger partial charge is 0.130 e. The maximum Gasteiger partial charge on any atom is 0.130 e. The lowest BCUT2D eigenvalue weighted by Crippen LogP contribution is -1.97. The second-order valence-corrected chi connectivity index (χ2v) is 4.84. The average Bonchev–Trinajstić information content (AvgIpc) is 2.71. The summed E-state index contributed by atoms with van der Waals surface area (Å²) >= 11 is 1.89. The third kappa shape index (κ3) is 2.38. The Morgan fingerprint density at radius 2 is 2.14 bits per heavy atom. The largest absolute Gasteiger partial charge is 0.373 e. The van der Waals surface area contributed by atoms with Crippen LogP contribution < -0.4 is 5.32 Å². The second-order valence-electron chi connectivity index (χ2n) is 3.52. The van der Waals surface area contributed by atoms with E-state index in [1.165, 1.54) is 25.7 Å². The van der Waals surface area contributed by atoms with E-state index >= 15 is 0 Å². The fourth-order valence-corrected chi connectivity index (χ4v) is 2.92. The Hall–Kier alpha value is -0.770. The molecule has 1 fully saturated rings. The highest BCUT2D eigenvalue weighted by Crippen LogP contribution is 2.33. The highest BCUT2D eigenvalue weighted by molar-refractivity contribution is 7.99. The monoisotopic (exact) mass is 209 g/mol. The first-order valence-electron chi connectivity index (χ1n) is 5.05. The van der Waals surface area contributed by atoms with E-state index in [0.717, 1.165) is 16.1 Å². The van der Waals surface area contributed by atoms with Gasteiger partial charge in [-0.1, -0.05) is 12.8 Å². The molecule has 1 heterocycles. The van der Waals surface area contributed by atoms with Gasteiger partial charge in [0.25, 0.3) is 0 Å². The summed E-state index contributed by atoms with van der Waals surface area (Å²) in [5.74, 6) is 0.903. The molecule has 76 valence electrons. The Labute approximate surface area is 88.7 Å². The SMILES string of the molecule is CNc1cc(SC2CCCC2)ncn1. The Bertz CT molecular complexity index is 297. The molecule has 14 heavy (non-hydrogen) atoms. The quantitative estimate of drug-likeness (QED) is 0.776. The standard InChI is InChI=1S/C10H15N3S/c1-11-9-6-10(13-7-12-9)14-8-4-2-3-5-8/h6-8H,2-5H2,1H3,(H,11,12,13). The molecule has 0 unspecified atom stereocenters. The van der Waals surface area contributed by atoms with E-state index < -0.39 is 0 Å². The van der Waals surface area contributed by atoms with Crippen LogP contribution in [-0.4, -0.2) is 22.3 Å². The highest BCUT2D eigenvalue weighted by Gasteiger charge is 2.16. The average molecular weight is 209 g/mol. The van der Waals surface area contributed by atoms with Crippen LogP contribution in [0.25, 0.3) is 0 Å². The molecular formula is C10H15N3S. The van der Waals surface area contributed by atoms with Crippen LogP contribution in [0.4, 0.5) is 5.82 Å². The van der Waals surface area contributed by atoms with E-state index in [1.54, 1.807) is 6.33 Å². The van der Waals surface area contributed by atoms with E-state index in [2.05, 4.69) is 15.3 Å². The summed E-state index contributed by atoms with van der Waals surface area (Å²) in [4.78, 5) is 8.36. The van der Waals surface area contributed by atoms with Crippen molar-refractivity contribution >= 4 is 17.6 Å². The van der Waals surface area contributed by atoms with Crippen molar-refractivity contribution in [2.75, 3.05) is 12.4 Å². The van der Waals surface area contributed by atoms with Gasteiger partial charge in [-0.3, -0.25) is 0 Å². The van der Waals surface area contributed by atoms with Crippen molar-refractivity contribution in [2.45, 2.75) is 36.0 Å². The molecule has 0 radical (unpaired) electrons. The highest BCUT2D eigenvalue weighted by atomic mass is 32.2. The molecule has 4 heteroatoms. The molecule has 2 rings (SSSR count). The number of thioether (sulfide) groups is 1. The first kappa shape index (κ1) is 9.77. The van der Waals surface area contributed by atoms with Crippen molar-refractivity contribution in [3.63, 3.8) is 0 Å². The molecule has 0 aromatic carbocycles. The normalized spacial score (nSPS) is 17.2. The summed E-state index contributed by atoms with van der Waals surface area (Å²) in [6, 6.07) is 2.02. The number of nitrogens with one attached hydrogen (secondary N) is 1. The van der Waals surface area contributed by atoms with E-state index in [-0.39, 0.29) is 0 Å². The lowest BCUT2D eigenvalue weighted by atomic mass is 10.4. The van der Waals surface area contributed by atoms with Crippen LogP contribution in [0.15, 0.2) is 17.4 Å². The summed E-state index contributed by atoms with van der Waals surface area (Å²) in [5, 5.41) is 4.89. The Morgan fingerprint density at radius 1 is 1.36 bits per heavy atom. The van der Waals surface area contributed by atoms with Crippen molar-refractivity contribution < 1.29 is 0 Å². The lowest BCUT2D eigenvalue weighted by Gasteiger charge is -2.07. The van der Waals surface area contributed by atoms with E-state index in [1.807, 2.05) is 24.9 Å². The van der Waals surface area contributed by atoms with Crippen LogP contribution in [0.1, 0.15) is 25.7 Å². The van der Waals surface area contributed by atoms with Gasteiger partial charge < -0.3 is 5.32 Å². The fourth-order valence-electron chi connectivity index (χ4n) is 1.72. The van der Waals surface area contributed by atoms with Crippen molar-refractivity contribution in [3.8, 4) is 0 Å². The number of aromatic nitrogens is 2. The number of hydrogen-bond acceptors (Lipinski definition) is 4. The van der Waals surface area contributed by atoms with E-state index in [4.69, 9.17) is 0 Å². The van der Waals surface area contributed by atoms with Gasteiger partial charge in [-0.2, -0.15) is 0 Å². The molecule has 1 N–H and O–H groups in total. The predicted molar refractivity (Wildman–Crippen MR) is 59.7 cm³/mol. The van der Waals surface area contributed by atoms with Crippen molar-refractivity contribution in [2.24, 2.45) is 0 Å². The van der Waals surface area contributed by atoms with Gasteiger partial charge in [0.1, 0.15) is 17.2 Å². The molecule has 0 aliphatic heterocycles. The second kappa shape index (κ2) is 4.64. The number of hydrogen-bond donors (Lipinski definition) is 1. The van der Waals surface area contributed by atoms with Crippen molar-refractivity contribution in [1.82, 2.24) is 9.97 Å². The molecule has 1 aromatic heterocycles. The Kier molecular flexibility index (Phi) is 3.24. The third-order valence-corrected chi connectivity index (χ3v) is 3.76. The molecule has 0 amide bonds. The lowest BCUT2D eigenvalue weighted by molar-refractivity contribution is 0.886. The van der Waals surface area contributed by atoms with Gasteiger partial charge in [0.05, 0.1) is 0 Å². The summed E-state index contributed by atoms with van der Waals surface area (Å²) in [6.45, 7) is 0. The van der Waals surface area contributed by atoms with Gasteiger partial charge in [0.15, 0.2) is 0 Å². The fraction of sp³-hybridized carbons (Fsp3) is 0.600. The number of nitrogens with zero attached hydrogens (tertiary/aromatic N) is 2. The molecular weight excluding hydrogens is 194 g/mol. The van der Waals surface area contributed by atoms with Gasteiger partial charge in [-0.05, 0) is 12.8 Å². The van der Waals surface area contributed by atoms with E-state index in [9.17, 15) is 0 Å². The molecule has 0 bridgehead atoms. The van der Waals surface area contributed by atoms with Crippen LogP contribution in [0.3, 0.4) is 0 Å². The van der Waals surface area contributed by atoms with Crippen LogP contribution in [0.5, 0.6) is 0 Å². The number of rotatable bonds is 3. The summed E-state index contributed by atoms with van der Waals surface area (Å²) in [7, 11) is 1.88. The van der Waals surface area contributed by atoms with Crippen molar-refractivity contribution in [1.29, 1.82) is 0 Å². The van der Waals surface area contributed by atoms with Gasteiger partial charge in [-0.15, -0.1) is 11.8 Å². The van der Waals surface area contributed by atoms with Gasteiger partial charge in [-0.25, -0.2) is 9.97 Å². The van der Waals surface area contributed by atoms with Gasteiger partial charge in [0.2, 0.25) is 0 Å². The zero-order chi connectivity index (χ0) is 9.80. The molecule has 1 aliphatic carbocycles. The summed E-state index contributed by atoms with van der Waals surface area (Å²) in [5.41, 5.74) is 0. The zero-order valence-electron chi connectivity index (χ0n) is 8.36. The minimum absolute atomic E-state index is 0.773. The molecule has 1 aliphatic rings. The maximum absolute atomic E-state index is 4.26.